The Morgan fingerprint density at radius 2 is 1.80 bits per heavy atom. The molecule has 1 aromatic carbocycles. The van der Waals surface area contributed by atoms with Crippen LogP contribution in [-0.2, 0) is 41.2 Å². The Kier molecular flexibility index (Phi) is 5.22. The molecule has 9 heteroatoms. The number of hydrogen-bond acceptors (Lipinski definition) is 5. The van der Waals surface area contributed by atoms with Gasteiger partial charge in [0.1, 0.15) is 4.21 Å². The maximum absolute atomic E-state index is 12.9. The average molecular weight is 445 g/mol. The first-order valence-electron chi connectivity index (χ1n) is 9.88. The summed E-state index contributed by atoms with van der Waals surface area (Å²) in [6.45, 7) is 3.24. The summed E-state index contributed by atoms with van der Waals surface area (Å²) in [5.74, 6) is 0. The molecule has 0 bridgehead atoms. The molecule has 0 fully saturated rings. The predicted molar refractivity (Wildman–Crippen MR) is 117 cm³/mol. The van der Waals surface area contributed by atoms with E-state index in [4.69, 9.17) is 5.14 Å². The van der Waals surface area contributed by atoms with Crippen molar-refractivity contribution in [3.05, 3.63) is 44.8 Å². The molecular weight excluding hydrogens is 420 g/mol. The molecule has 4 N–H and O–H groups in total. The van der Waals surface area contributed by atoms with Crippen LogP contribution >= 0.6 is 11.3 Å². The molecule has 1 aromatic heterocycles. The Bertz CT molecular complexity index is 1170. The first kappa shape index (κ1) is 21.0. The Labute approximate surface area is 180 Å². The Hall–Kier alpha value is -2.25. The zero-order valence-corrected chi connectivity index (χ0v) is 18.6. The largest absolute Gasteiger partial charge is 0.386 e. The van der Waals surface area contributed by atoms with Crippen molar-refractivity contribution in [2.24, 2.45) is 9.50 Å². The molecule has 1 atom stereocenters. The molecular formula is C21H24N4O3S2. The van der Waals surface area contributed by atoms with Gasteiger partial charge in [0.25, 0.3) is 0 Å². The second kappa shape index (κ2) is 7.46. The fourth-order valence-corrected chi connectivity index (χ4v) is 6.61. The van der Waals surface area contributed by atoms with Gasteiger partial charge in [-0.05, 0) is 91.6 Å². The molecule has 30 heavy (non-hydrogen) atoms. The minimum Gasteiger partial charge on any atom is -0.386 e. The van der Waals surface area contributed by atoms with E-state index in [0.717, 1.165) is 83.4 Å². The number of carbonyl (C=O) groups is 1. The molecule has 1 heterocycles. The van der Waals surface area contributed by atoms with Crippen LogP contribution in [0.15, 0.2) is 20.0 Å². The molecule has 0 saturated carbocycles. The number of nitrogens with zero attached hydrogens (tertiary/aromatic N) is 2. The normalized spacial score (nSPS) is 17.0. The minimum atomic E-state index is -3.44. The molecule has 0 unspecified atom stereocenters. The van der Waals surface area contributed by atoms with Crippen LogP contribution in [0.5, 0.6) is 0 Å². The zero-order chi connectivity index (χ0) is 21.7. The number of nitriles is 1. The second-order valence-electron chi connectivity index (χ2n) is 8.29. The number of anilines is 1. The van der Waals surface area contributed by atoms with Gasteiger partial charge in [-0.1, -0.05) is 0 Å². The third-order valence-electron chi connectivity index (χ3n) is 5.78. The first-order chi connectivity index (χ1) is 14.1. The van der Waals surface area contributed by atoms with Gasteiger partial charge in [0, 0.05) is 5.69 Å². The van der Waals surface area contributed by atoms with E-state index in [1.165, 1.54) is 6.07 Å². The maximum Gasteiger partial charge on any atom is 0.354 e. The Morgan fingerprint density at radius 1 is 1.23 bits per heavy atom. The molecule has 0 aliphatic heterocycles. The van der Waals surface area contributed by atoms with Gasteiger partial charge in [-0.2, -0.15) is 5.26 Å². The smallest absolute Gasteiger partial charge is 0.354 e. The first-order valence-corrected chi connectivity index (χ1v) is 12.3. The highest BCUT2D eigenvalue weighted by atomic mass is 32.2. The monoisotopic (exact) mass is 444 g/mol. The number of benzene rings is 1. The summed E-state index contributed by atoms with van der Waals surface area (Å²) in [4.78, 5) is 12.7. The molecule has 0 saturated heterocycles. The fraction of sp³-hybridized carbons (Fsp3) is 0.429. The lowest BCUT2D eigenvalue weighted by molar-refractivity contribution is 0.0789. The van der Waals surface area contributed by atoms with E-state index < -0.39 is 21.5 Å². The van der Waals surface area contributed by atoms with Crippen LogP contribution in [0.3, 0.4) is 0 Å². The summed E-state index contributed by atoms with van der Waals surface area (Å²) in [5.41, 5.74) is 5.01. The van der Waals surface area contributed by atoms with Gasteiger partial charge in [0.2, 0.25) is 0 Å². The van der Waals surface area contributed by atoms with E-state index in [9.17, 15) is 19.4 Å². The number of hydrogen-bond donors (Lipinski definition) is 3. The van der Waals surface area contributed by atoms with Gasteiger partial charge >= 0.3 is 6.03 Å². The quantitative estimate of drug-likeness (QED) is 0.666. The molecule has 2 amide bonds. The number of fused-ring (bicyclic) bond motifs is 2. The van der Waals surface area contributed by atoms with E-state index in [1.54, 1.807) is 19.2 Å². The molecule has 4 rings (SSSR count). The highest BCUT2D eigenvalue weighted by molar-refractivity contribution is 7.93. The Balaban J connectivity index is 1.69. The summed E-state index contributed by atoms with van der Waals surface area (Å²) in [5, 5.41) is 30.2. The maximum atomic E-state index is 12.9. The van der Waals surface area contributed by atoms with Gasteiger partial charge in [-0.3, -0.25) is 0 Å². The molecule has 2 aromatic rings. The van der Waals surface area contributed by atoms with Crippen LogP contribution in [0.4, 0.5) is 10.5 Å². The summed E-state index contributed by atoms with van der Waals surface area (Å²) in [7, 11) is -3.44. The van der Waals surface area contributed by atoms with Crippen LogP contribution in [0, 0.1) is 11.3 Å². The SMILES string of the molecule is CC(C)(O)c1csc([S@@](N)(=O)=NC(=O)Nc2c3c(c(C#N)c4c2CCC4)CCC3)c1. The number of aliphatic hydroxyl groups is 1. The number of urea groups is 1. The number of carbonyl (C=O) groups excluding carboxylic acids is 1. The molecule has 7 nitrogen and oxygen atoms in total. The van der Waals surface area contributed by atoms with E-state index in [-0.39, 0.29) is 4.21 Å². The minimum absolute atomic E-state index is 0.241. The Morgan fingerprint density at radius 3 is 2.30 bits per heavy atom. The second-order valence-corrected chi connectivity index (χ2v) is 11.2. The zero-order valence-electron chi connectivity index (χ0n) is 16.9. The number of rotatable bonds is 3. The summed E-state index contributed by atoms with van der Waals surface area (Å²) >= 11 is 1.11. The van der Waals surface area contributed by atoms with E-state index in [0.29, 0.717) is 5.56 Å². The molecule has 2 aliphatic rings. The summed E-state index contributed by atoms with van der Waals surface area (Å²) in [6.07, 6.45) is 5.13. The number of nitrogens with one attached hydrogen (secondary N) is 1. The van der Waals surface area contributed by atoms with Gasteiger partial charge in [0.15, 0.2) is 9.92 Å². The molecule has 0 radical (unpaired) electrons. The number of amides is 2. The lowest BCUT2D eigenvalue weighted by Crippen LogP contribution is -2.19. The van der Waals surface area contributed by atoms with Crippen LogP contribution in [-0.4, -0.2) is 15.3 Å². The van der Waals surface area contributed by atoms with E-state index >= 15 is 0 Å². The predicted octanol–water partition coefficient (Wildman–Crippen LogP) is 3.76. The third-order valence-corrected chi connectivity index (χ3v) is 8.63. The fourth-order valence-electron chi connectivity index (χ4n) is 4.33. The van der Waals surface area contributed by atoms with Crippen molar-refractivity contribution in [3.63, 3.8) is 0 Å². The number of thiophene rings is 1. The highest BCUT2D eigenvalue weighted by Crippen LogP contribution is 2.41. The van der Waals surface area contributed by atoms with Crippen molar-refractivity contribution in [1.82, 2.24) is 0 Å². The van der Waals surface area contributed by atoms with Crippen molar-refractivity contribution < 1.29 is 14.1 Å². The average Bonchev–Trinajstić information content (AvgIpc) is 3.40. The van der Waals surface area contributed by atoms with Crippen LogP contribution < -0.4 is 10.5 Å². The van der Waals surface area contributed by atoms with Gasteiger partial charge in [-0.15, -0.1) is 15.7 Å². The standard InChI is InChI=1S/C21H24N4O3S2/c1-21(2,27)12-9-18(29-11-12)30(23,28)25-20(26)24-19-15-7-3-5-13(15)17(10-22)14-6-4-8-16(14)19/h9,11,27H,3-8H2,1-2H3,(H3,23,24,25,26,28)/t30-/m0/s1. The summed E-state index contributed by atoms with van der Waals surface area (Å²) < 4.78 is 17.0. The van der Waals surface area contributed by atoms with E-state index in [1.807, 2.05) is 0 Å². The van der Waals surface area contributed by atoms with Crippen LogP contribution in [0.25, 0.3) is 0 Å². The van der Waals surface area contributed by atoms with Crippen LogP contribution in [0.1, 0.15) is 60.1 Å². The van der Waals surface area contributed by atoms with Crippen molar-refractivity contribution in [2.45, 2.75) is 62.2 Å². The number of nitrogens with two attached hydrogens (primary N) is 1. The lowest BCUT2D eigenvalue weighted by Gasteiger charge is -2.17. The van der Waals surface area contributed by atoms with Gasteiger partial charge in [-0.25, -0.2) is 14.1 Å². The van der Waals surface area contributed by atoms with Crippen LogP contribution in [0.2, 0.25) is 0 Å². The molecule has 158 valence electrons. The van der Waals surface area contributed by atoms with Crippen molar-refractivity contribution in [3.8, 4) is 6.07 Å². The van der Waals surface area contributed by atoms with Gasteiger partial charge < -0.3 is 10.4 Å². The topological polar surface area (TPSA) is 129 Å². The molecule has 0 spiro atoms. The van der Waals surface area contributed by atoms with Crippen molar-refractivity contribution in [2.75, 3.05) is 5.32 Å². The van der Waals surface area contributed by atoms with Crippen molar-refractivity contribution in [1.29, 1.82) is 5.26 Å². The lowest BCUT2D eigenvalue weighted by atomic mass is 9.93. The third kappa shape index (κ3) is 3.65. The van der Waals surface area contributed by atoms with Crippen molar-refractivity contribution >= 4 is 33.0 Å². The summed E-state index contributed by atoms with van der Waals surface area (Å²) in [6, 6.07) is 3.13. The highest BCUT2D eigenvalue weighted by Gasteiger charge is 2.29. The van der Waals surface area contributed by atoms with E-state index in [2.05, 4.69) is 15.7 Å². The molecule has 2 aliphatic carbocycles. The van der Waals surface area contributed by atoms with Gasteiger partial charge in [0.05, 0.1) is 17.2 Å².